The Bertz CT molecular complexity index is 723. The van der Waals surface area contributed by atoms with Crippen LogP contribution in [0, 0.1) is 0 Å². The highest BCUT2D eigenvalue weighted by molar-refractivity contribution is 5.91. The summed E-state index contributed by atoms with van der Waals surface area (Å²) in [7, 11) is 1.80. The third kappa shape index (κ3) is 5.18. The van der Waals surface area contributed by atoms with Crippen LogP contribution in [0.3, 0.4) is 0 Å². The molecule has 6 nitrogen and oxygen atoms in total. The highest BCUT2D eigenvalue weighted by Gasteiger charge is 2.13. The van der Waals surface area contributed by atoms with Crippen LogP contribution in [-0.2, 0) is 0 Å². The van der Waals surface area contributed by atoms with Crippen LogP contribution in [-0.4, -0.2) is 47.5 Å². The second kappa shape index (κ2) is 9.35. The van der Waals surface area contributed by atoms with Crippen LogP contribution in [0.1, 0.15) is 49.5 Å². The van der Waals surface area contributed by atoms with Gasteiger partial charge >= 0.3 is 0 Å². The number of nitrogens with zero attached hydrogens (tertiary/aromatic N) is 4. The molecule has 0 atom stereocenters. The second-order valence-corrected chi connectivity index (χ2v) is 7.09. The van der Waals surface area contributed by atoms with Crippen LogP contribution in [0.4, 0.5) is 17.2 Å². The molecule has 0 spiro atoms. The number of hydrogen-bond donors (Lipinski definition) is 1. The van der Waals surface area contributed by atoms with Gasteiger partial charge in [-0.25, -0.2) is 9.97 Å². The number of carbonyl (C=O) groups is 1. The molecular weight excluding hydrogens is 338 g/mol. The largest absolute Gasteiger partial charge is 0.372 e. The fourth-order valence-corrected chi connectivity index (χ4v) is 3.25. The molecule has 1 amide bonds. The minimum absolute atomic E-state index is 0.0895. The first-order valence-electron chi connectivity index (χ1n) is 9.87. The van der Waals surface area contributed by atoms with Crippen molar-refractivity contribution in [3.05, 3.63) is 42.4 Å². The first kappa shape index (κ1) is 19.1. The zero-order valence-corrected chi connectivity index (χ0v) is 16.3. The Morgan fingerprint density at radius 1 is 1.11 bits per heavy atom. The van der Waals surface area contributed by atoms with Crippen molar-refractivity contribution in [3.63, 3.8) is 0 Å². The molecule has 6 heteroatoms. The molecule has 1 aliphatic heterocycles. The monoisotopic (exact) mass is 367 g/mol. The van der Waals surface area contributed by atoms with Crippen molar-refractivity contribution in [2.45, 2.75) is 39.0 Å². The lowest BCUT2D eigenvalue weighted by molar-refractivity contribution is 0.0787. The quantitative estimate of drug-likeness (QED) is 0.799. The normalized spacial score (nSPS) is 14.1. The van der Waals surface area contributed by atoms with Crippen molar-refractivity contribution in [1.29, 1.82) is 0 Å². The van der Waals surface area contributed by atoms with E-state index in [9.17, 15) is 4.79 Å². The van der Waals surface area contributed by atoms with Crippen LogP contribution in [0.5, 0.6) is 0 Å². The molecule has 1 aliphatic rings. The number of nitrogens with one attached hydrogen (secondary N) is 1. The predicted octanol–water partition coefficient (Wildman–Crippen LogP) is 4.08. The van der Waals surface area contributed by atoms with Crippen molar-refractivity contribution in [2.24, 2.45) is 0 Å². The van der Waals surface area contributed by atoms with Gasteiger partial charge in [-0.05, 0) is 49.9 Å². The zero-order valence-electron chi connectivity index (χ0n) is 16.3. The molecule has 0 unspecified atom stereocenters. The molecule has 1 saturated heterocycles. The maximum atomic E-state index is 12.3. The Balaban J connectivity index is 1.58. The molecule has 0 radical (unpaired) electrons. The molecule has 1 N–H and O–H groups in total. The lowest BCUT2D eigenvalue weighted by Crippen LogP contribution is -2.29. The highest BCUT2D eigenvalue weighted by atomic mass is 16.2. The van der Waals surface area contributed by atoms with Gasteiger partial charge in [0.25, 0.3) is 5.91 Å². The number of carbonyl (C=O) groups excluding carboxylic acids is 1. The first-order chi connectivity index (χ1) is 13.2. The van der Waals surface area contributed by atoms with Crippen LogP contribution < -0.4 is 10.2 Å². The molecule has 2 heterocycles. The molecule has 0 aliphatic carbocycles. The number of anilines is 3. The Morgan fingerprint density at radius 2 is 1.85 bits per heavy atom. The van der Waals surface area contributed by atoms with Crippen LogP contribution in [0.2, 0.25) is 0 Å². The molecule has 1 aromatic heterocycles. The standard InChI is InChI=1S/C21H29N5O/c1-3-4-12-25(2)21(27)19-15-23-20(16-22-19)24-17-8-10-18(11-9-17)26-13-6-5-7-14-26/h8-11,15-16H,3-7,12-14H2,1-2H3,(H,23,24). The van der Waals surface area contributed by atoms with Gasteiger partial charge in [0.1, 0.15) is 11.5 Å². The van der Waals surface area contributed by atoms with Crippen molar-refractivity contribution in [3.8, 4) is 0 Å². The van der Waals surface area contributed by atoms with E-state index in [1.807, 2.05) is 0 Å². The third-order valence-corrected chi connectivity index (χ3v) is 4.93. The molecule has 0 saturated carbocycles. The molecule has 2 aromatic rings. The van der Waals surface area contributed by atoms with E-state index < -0.39 is 0 Å². The van der Waals surface area contributed by atoms with E-state index >= 15 is 0 Å². The van der Waals surface area contributed by atoms with Gasteiger partial charge in [0, 0.05) is 38.1 Å². The molecule has 3 rings (SSSR count). The van der Waals surface area contributed by atoms with E-state index in [0.717, 1.165) is 38.2 Å². The summed E-state index contributed by atoms with van der Waals surface area (Å²) in [5, 5.41) is 3.25. The summed E-state index contributed by atoms with van der Waals surface area (Å²) in [4.78, 5) is 25.0. The van der Waals surface area contributed by atoms with E-state index in [-0.39, 0.29) is 5.91 Å². The first-order valence-corrected chi connectivity index (χ1v) is 9.87. The number of rotatable bonds is 7. The van der Waals surface area contributed by atoms with Crippen LogP contribution in [0.15, 0.2) is 36.7 Å². The van der Waals surface area contributed by atoms with Gasteiger partial charge < -0.3 is 15.1 Å². The molecule has 1 aromatic carbocycles. The number of unbranched alkanes of at least 4 members (excludes halogenated alkanes) is 1. The fraction of sp³-hybridized carbons (Fsp3) is 0.476. The Kier molecular flexibility index (Phi) is 6.63. The summed E-state index contributed by atoms with van der Waals surface area (Å²) >= 11 is 0. The van der Waals surface area contributed by atoms with Crippen LogP contribution in [0.25, 0.3) is 0 Å². The van der Waals surface area contributed by atoms with E-state index in [1.165, 1.54) is 31.1 Å². The van der Waals surface area contributed by atoms with Crippen molar-refractivity contribution in [2.75, 3.05) is 36.9 Å². The summed E-state index contributed by atoms with van der Waals surface area (Å²) in [6.45, 7) is 5.12. The van der Waals surface area contributed by atoms with Crippen LogP contribution >= 0.6 is 0 Å². The Morgan fingerprint density at radius 3 is 2.48 bits per heavy atom. The Labute approximate surface area is 161 Å². The van der Waals surface area contributed by atoms with Gasteiger partial charge in [-0.2, -0.15) is 0 Å². The summed E-state index contributed by atoms with van der Waals surface area (Å²) in [5.41, 5.74) is 2.60. The predicted molar refractivity (Wildman–Crippen MR) is 110 cm³/mol. The lowest BCUT2D eigenvalue weighted by Gasteiger charge is -2.28. The smallest absolute Gasteiger partial charge is 0.273 e. The number of amides is 1. The fourth-order valence-electron chi connectivity index (χ4n) is 3.25. The highest BCUT2D eigenvalue weighted by Crippen LogP contribution is 2.23. The van der Waals surface area contributed by atoms with Gasteiger partial charge in [-0.3, -0.25) is 4.79 Å². The lowest BCUT2D eigenvalue weighted by atomic mass is 10.1. The van der Waals surface area contributed by atoms with E-state index in [1.54, 1.807) is 18.1 Å². The molecule has 144 valence electrons. The maximum absolute atomic E-state index is 12.3. The maximum Gasteiger partial charge on any atom is 0.273 e. The van der Waals surface area contributed by atoms with Gasteiger partial charge in [0.2, 0.25) is 0 Å². The average Bonchev–Trinajstić information content (AvgIpc) is 2.73. The summed E-state index contributed by atoms with van der Waals surface area (Å²) in [6, 6.07) is 8.40. The van der Waals surface area contributed by atoms with Gasteiger partial charge in [-0.15, -0.1) is 0 Å². The Hall–Kier alpha value is -2.63. The minimum Gasteiger partial charge on any atom is -0.372 e. The molecule has 0 bridgehead atoms. The van der Waals surface area contributed by atoms with E-state index in [4.69, 9.17) is 0 Å². The van der Waals surface area contributed by atoms with Gasteiger partial charge in [0.05, 0.1) is 12.4 Å². The minimum atomic E-state index is -0.0895. The van der Waals surface area contributed by atoms with Crippen molar-refractivity contribution < 1.29 is 4.79 Å². The number of aromatic nitrogens is 2. The average molecular weight is 367 g/mol. The number of benzene rings is 1. The van der Waals surface area contributed by atoms with Crippen molar-refractivity contribution >= 4 is 23.1 Å². The number of piperidine rings is 1. The summed E-state index contributed by atoms with van der Waals surface area (Å²) < 4.78 is 0. The zero-order chi connectivity index (χ0) is 19.1. The molecule has 27 heavy (non-hydrogen) atoms. The SMILES string of the molecule is CCCCN(C)C(=O)c1cnc(Nc2ccc(N3CCCCC3)cc2)cn1. The summed E-state index contributed by atoms with van der Waals surface area (Å²) in [6.07, 6.45) is 9.07. The topological polar surface area (TPSA) is 61.4 Å². The van der Waals surface area contributed by atoms with Gasteiger partial charge in [0.15, 0.2) is 0 Å². The summed E-state index contributed by atoms with van der Waals surface area (Å²) in [5.74, 6) is 0.543. The second-order valence-electron chi connectivity index (χ2n) is 7.09. The van der Waals surface area contributed by atoms with E-state index in [2.05, 4.69) is 51.4 Å². The van der Waals surface area contributed by atoms with Crippen molar-refractivity contribution in [1.82, 2.24) is 14.9 Å². The number of hydrogen-bond acceptors (Lipinski definition) is 5. The third-order valence-electron chi connectivity index (χ3n) is 4.93. The van der Waals surface area contributed by atoms with Gasteiger partial charge in [-0.1, -0.05) is 13.3 Å². The molecule has 1 fully saturated rings. The molecular formula is C21H29N5O. The van der Waals surface area contributed by atoms with E-state index in [0.29, 0.717) is 11.5 Å².